The Morgan fingerprint density at radius 3 is 1.45 bits per heavy atom. The van der Waals surface area contributed by atoms with E-state index in [1.54, 1.807) is 0 Å². The van der Waals surface area contributed by atoms with E-state index in [9.17, 15) is 0 Å². The number of anilines is 2. The summed E-state index contributed by atoms with van der Waals surface area (Å²) in [6.07, 6.45) is 21.7. The van der Waals surface area contributed by atoms with E-state index in [2.05, 4.69) is 159 Å². The first-order valence-corrected chi connectivity index (χ1v) is 17.8. The Hall–Kier alpha value is -3.68. The van der Waals surface area contributed by atoms with Gasteiger partial charge in [-0.15, -0.1) is 22.7 Å². The van der Waals surface area contributed by atoms with E-state index in [-0.39, 0.29) is 0 Å². The quantitative estimate of drug-likeness (QED) is 0.170. The number of thiophene rings is 2. The zero-order valence-corrected chi connectivity index (χ0v) is 28.3. The molecule has 2 aliphatic rings. The molecule has 2 aliphatic heterocycles. The summed E-state index contributed by atoms with van der Waals surface area (Å²) in [7, 11) is 4.32. The summed E-state index contributed by atoms with van der Waals surface area (Å²) in [5.41, 5.74) is 5.23. The first kappa shape index (κ1) is 29.1. The maximum Gasteiger partial charge on any atom is 0.0798 e. The second kappa shape index (κ2) is 12.4. The van der Waals surface area contributed by atoms with Gasteiger partial charge >= 0.3 is 0 Å². The first-order chi connectivity index (χ1) is 21.5. The summed E-state index contributed by atoms with van der Waals surface area (Å²) >= 11 is 7.38. The standard InChI is InChI=1S/C38H32N2S4/c1-25-27-15-11-13-19-33(27)41-31(25)17-7-5-9-21-37-39(3)29-23-30-36(24-35(29)43-37)44-38(40(30)4)22-10-6-8-18-32-26(2)28-16-12-14-20-34(28)42-32/h5-24H,1-4H3. The van der Waals surface area contributed by atoms with Gasteiger partial charge in [-0.3, -0.25) is 0 Å². The normalized spacial score (nSPS) is 17.0. The van der Waals surface area contributed by atoms with Crippen LogP contribution in [0.3, 0.4) is 0 Å². The van der Waals surface area contributed by atoms with Crippen LogP contribution >= 0.6 is 46.2 Å². The molecule has 7 rings (SSSR count). The third-order valence-corrected chi connectivity index (χ3v) is 12.8. The van der Waals surface area contributed by atoms with Gasteiger partial charge in [-0.05, 0) is 84.3 Å². The number of fused-ring (bicyclic) bond motifs is 4. The van der Waals surface area contributed by atoms with E-state index in [0.29, 0.717) is 0 Å². The Bertz CT molecular complexity index is 1940. The van der Waals surface area contributed by atoms with Crippen LogP contribution in [0.4, 0.5) is 11.4 Å². The van der Waals surface area contributed by atoms with Crippen molar-refractivity contribution in [2.24, 2.45) is 0 Å². The lowest BCUT2D eigenvalue weighted by Crippen LogP contribution is -2.12. The predicted octanol–water partition coefficient (Wildman–Crippen LogP) is 12.0. The third kappa shape index (κ3) is 5.52. The smallest absolute Gasteiger partial charge is 0.0798 e. The summed E-state index contributed by atoms with van der Waals surface area (Å²) in [6.45, 7) is 4.42. The van der Waals surface area contributed by atoms with Crippen LogP contribution in [-0.4, -0.2) is 14.1 Å². The SMILES string of the molecule is Cc1c(C=CC=CC=C2Sc3cc4c(cc3N2C)N(C)C(=CC=CC=Cc2sc3ccccc3c2C)S4)sc2ccccc12. The third-order valence-electron chi connectivity index (χ3n) is 8.03. The Morgan fingerprint density at radius 1 is 0.545 bits per heavy atom. The highest BCUT2D eigenvalue weighted by atomic mass is 32.2. The number of nitrogens with zero attached hydrogens (tertiary/aromatic N) is 2. The summed E-state index contributed by atoms with van der Waals surface area (Å²) in [5.74, 6) is 0. The molecule has 3 aromatic carbocycles. The molecule has 0 unspecified atom stereocenters. The molecule has 4 heterocycles. The van der Waals surface area contributed by atoms with E-state index in [0.717, 1.165) is 0 Å². The average Bonchev–Trinajstić information content (AvgIpc) is 3.73. The molecule has 2 nitrogen and oxygen atoms in total. The largest absolute Gasteiger partial charge is 0.338 e. The number of thioether (sulfide) groups is 2. The summed E-state index contributed by atoms with van der Waals surface area (Å²) < 4.78 is 2.69. The molecule has 0 radical (unpaired) electrons. The topological polar surface area (TPSA) is 6.48 Å². The Balaban J connectivity index is 0.999. The van der Waals surface area contributed by atoms with Crippen LogP contribution in [0.1, 0.15) is 20.9 Å². The molecule has 0 fully saturated rings. The number of hydrogen-bond donors (Lipinski definition) is 0. The fourth-order valence-corrected chi connectivity index (χ4v) is 10.0. The van der Waals surface area contributed by atoms with Crippen molar-refractivity contribution in [2.75, 3.05) is 23.9 Å². The van der Waals surface area contributed by atoms with Crippen molar-refractivity contribution in [1.82, 2.24) is 0 Å². The molecule has 218 valence electrons. The number of benzene rings is 3. The van der Waals surface area contributed by atoms with Gasteiger partial charge in [0.1, 0.15) is 0 Å². The average molecular weight is 645 g/mol. The van der Waals surface area contributed by atoms with Crippen LogP contribution in [0, 0.1) is 13.8 Å². The molecule has 0 saturated carbocycles. The van der Waals surface area contributed by atoms with Crippen molar-refractivity contribution in [2.45, 2.75) is 23.6 Å². The van der Waals surface area contributed by atoms with Gasteiger partial charge in [-0.1, -0.05) is 96.4 Å². The molecule has 0 amide bonds. The summed E-state index contributed by atoms with van der Waals surface area (Å²) in [4.78, 5) is 9.85. The molecule has 6 heteroatoms. The van der Waals surface area contributed by atoms with Crippen molar-refractivity contribution in [3.05, 3.63) is 140 Å². The fraction of sp³-hybridized carbons (Fsp3) is 0.105. The van der Waals surface area contributed by atoms with Gasteiger partial charge in [-0.2, -0.15) is 0 Å². The molecule has 0 N–H and O–H groups in total. The number of rotatable bonds is 6. The molecular formula is C38H32N2S4. The minimum atomic E-state index is 1.23. The first-order valence-electron chi connectivity index (χ1n) is 14.6. The van der Waals surface area contributed by atoms with Gasteiger partial charge in [0.25, 0.3) is 0 Å². The zero-order valence-electron chi connectivity index (χ0n) is 25.1. The van der Waals surface area contributed by atoms with Gasteiger partial charge in [0, 0.05) is 43.0 Å². The number of allylic oxidation sites excluding steroid dienone is 8. The van der Waals surface area contributed by atoms with Gasteiger partial charge in [0.15, 0.2) is 0 Å². The molecular weight excluding hydrogens is 613 g/mol. The molecule has 0 bridgehead atoms. The second-order valence-electron chi connectivity index (χ2n) is 10.8. The Morgan fingerprint density at radius 2 is 1.00 bits per heavy atom. The Labute approximate surface area is 276 Å². The van der Waals surface area contributed by atoms with Crippen molar-refractivity contribution in [1.29, 1.82) is 0 Å². The minimum absolute atomic E-state index is 1.23. The number of aryl methyl sites for hydroxylation is 2. The number of hydrogen-bond acceptors (Lipinski definition) is 6. The lowest BCUT2D eigenvalue weighted by Gasteiger charge is -2.17. The van der Waals surface area contributed by atoms with Crippen LogP contribution in [0.5, 0.6) is 0 Å². The second-order valence-corrected chi connectivity index (χ2v) is 15.1. The summed E-state index contributed by atoms with van der Waals surface area (Å²) in [5, 5.41) is 5.17. The molecule has 44 heavy (non-hydrogen) atoms. The molecule has 0 spiro atoms. The highest BCUT2D eigenvalue weighted by Gasteiger charge is 2.29. The lowest BCUT2D eigenvalue weighted by molar-refractivity contribution is 1.13. The van der Waals surface area contributed by atoms with Gasteiger partial charge in [-0.25, -0.2) is 0 Å². The van der Waals surface area contributed by atoms with E-state index in [1.165, 1.54) is 72.3 Å². The van der Waals surface area contributed by atoms with Gasteiger partial charge in [0.05, 0.1) is 21.4 Å². The summed E-state index contributed by atoms with van der Waals surface area (Å²) in [6, 6.07) is 21.9. The Kier molecular flexibility index (Phi) is 8.17. The van der Waals surface area contributed by atoms with Crippen LogP contribution in [0.15, 0.2) is 129 Å². The van der Waals surface area contributed by atoms with E-state index < -0.39 is 0 Å². The highest BCUT2D eigenvalue weighted by molar-refractivity contribution is 8.04. The van der Waals surface area contributed by atoms with Crippen molar-refractivity contribution in [3.63, 3.8) is 0 Å². The van der Waals surface area contributed by atoms with Crippen LogP contribution in [0.25, 0.3) is 32.3 Å². The minimum Gasteiger partial charge on any atom is -0.338 e. The van der Waals surface area contributed by atoms with E-state index >= 15 is 0 Å². The monoisotopic (exact) mass is 644 g/mol. The highest BCUT2D eigenvalue weighted by Crippen LogP contribution is 2.53. The van der Waals surface area contributed by atoms with Gasteiger partial charge in [0.2, 0.25) is 0 Å². The predicted molar refractivity (Wildman–Crippen MR) is 201 cm³/mol. The molecule has 0 aliphatic carbocycles. The fourth-order valence-electron chi connectivity index (χ4n) is 5.51. The van der Waals surface area contributed by atoms with E-state index in [1.807, 2.05) is 46.2 Å². The maximum absolute atomic E-state index is 2.34. The molecule has 5 aromatic rings. The molecule has 2 aromatic heterocycles. The molecule has 0 saturated heterocycles. The van der Waals surface area contributed by atoms with Crippen molar-refractivity contribution < 1.29 is 0 Å². The lowest BCUT2D eigenvalue weighted by atomic mass is 10.1. The van der Waals surface area contributed by atoms with Gasteiger partial charge < -0.3 is 9.80 Å². The van der Waals surface area contributed by atoms with Crippen molar-refractivity contribution >= 4 is 89.9 Å². The molecule has 0 atom stereocenters. The van der Waals surface area contributed by atoms with Crippen molar-refractivity contribution in [3.8, 4) is 0 Å². The zero-order chi connectivity index (χ0) is 30.2. The van der Waals surface area contributed by atoms with Crippen LogP contribution < -0.4 is 9.80 Å². The van der Waals surface area contributed by atoms with Crippen LogP contribution in [0.2, 0.25) is 0 Å². The van der Waals surface area contributed by atoms with E-state index in [4.69, 9.17) is 0 Å². The maximum atomic E-state index is 2.34. The van der Waals surface area contributed by atoms with Crippen LogP contribution in [-0.2, 0) is 0 Å².